The fourth-order valence-corrected chi connectivity index (χ4v) is 2.79. The summed E-state index contributed by atoms with van der Waals surface area (Å²) in [6, 6.07) is 8.29. The van der Waals surface area contributed by atoms with E-state index in [9.17, 15) is 4.57 Å². The molecule has 178 valence electrons. The van der Waals surface area contributed by atoms with Gasteiger partial charge in [0.15, 0.2) is 23.0 Å². The van der Waals surface area contributed by atoms with Crippen LogP contribution in [0.5, 0.6) is 28.7 Å². The van der Waals surface area contributed by atoms with Gasteiger partial charge in [-0.25, -0.2) is 4.57 Å². The smallest absolute Gasteiger partial charge is 0.493 e. The molecule has 2 aromatic carbocycles. The Kier molecular flexibility index (Phi) is 15.1. The summed E-state index contributed by atoms with van der Waals surface area (Å²) in [5, 5.41) is 0. The first-order chi connectivity index (χ1) is 12.8. The Morgan fingerprint density at radius 3 is 1.55 bits per heavy atom. The molecular formula is C18H29O12P. The SMILES string of the molecule is COc1ccc(/C=C/c2cc(OC)c(OC)c(OC)c2)cc1OP(=O)(O)O.O.O.O.O. The second-order valence-electron chi connectivity index (χ2n) is 5.28. The van der Waals surface area contributed by atoms with Crippen molar-refractivity contribution < 1.29 is 59.7 Å². The Balaban J connectivity index is -0.00000196. The predicted molar refractivity (Wildman–Crippen MR) is 115 cm³/mol. The molecule has 10 N–H and O–H groups in total. The summed E-state index contributed by atoms with van der Waals surface area (Å²) >= 11 is 0. The predicted octanol–water partition coefficient (Wildman–Crippen LogP) is 0.0641. The molecule has 0 aliphatic rings. The Labute approximate surface area is 179 Å². The molecule has 12 nitrogen and oxygen atoms in total. The van der Waals surface area contributed by atoms with Crippen LogP contribution in [0, 0.1) is 0 Å². The fraction of sp³-hybridized carbons (Fsp3) is 0.222. The van der Waals surface area contributed by atoms with Gasteiger partial charge in [0, 0.05) is 0 Å². The van der Waals surface area contributed by atoms with Gasteiger partial charge in [-0.2, -0.15) is 0 Å². The molecule has 0 amide bonds. The topological polar surface area (TPSA) is 230 Å². The van der Waals surface area contributed by atoms with Gasteiger partial charge in [0.2, 0.25) is 5.75 Å². The highest BCUT2D eigenvalue weighted by Gasteiger charge is 2.19. The van der Waals surface area contributed by atoms with Gasteiger partial charge in [0.1, 0.15) is 0 Å². The molecule has 0 aliphatic heterocycles. The van der Waals surface area contributed by atoms with Crippen molar-refractivity contribution in [1.82, 2.24) is 0 Å². The molecule has 0 bridgehead atoms. The van der Waals surface area contributed by atoms with Gasteiger partial charge >= 0.3 is 7.82 Å². The second-order valence-corrected chi connectivity index (χ2v) is 6.45. The van der Waals surface area contributed by atoms with Crippen molar-refractivity contribution in [2.45, 2.75) is 0 Å². The molecule has 0 fully saturated rings. The van der Waals surface area contributed by atoms with Crippen LogP contribution in [-0.4, -0.2) is 60.1 Å². The molecule has 2 aromatic rings. The van der Waals surface area contributed by atoms with E-state index in [1.54, 1.807) is 36.4 Å². The summed E-state index contributed by atoms with van der Waals surface area (Å²) < 4.78 is 36.8. The molecule has 0 saturated carbocycles. The zero-order chi connectivity index (χ0) is 20.0. The zero-order valence-electron chi connectivity index (χ0n) is 17.3. The molecule has 2 rings (SSSR count). The van der Waals surface area contributed by atoms with Crippen molar-refractivity contribution in [2.75, 3.05) is 28.4 Å². The first kappa shape index (κ1) is 32.8. The Bertz CT molecular complexity index is 853. The summed E-state index contributed by atoms with van der Waals surface area (Å²) in [4.78, 5) is 18.1. The van der Waals surface area contributed by atoms with E-state index in [0.29, 0.717) is 22.8 Å². The van der Waals surface area contributed by atoms with Crippen LogP contribution >= 0.6 is 7.82 Å². The van der Waals surface area contributed by atoms with Gasteiger partial charge in [0.05, 0.1) is 28.4 Å². The third kappa shape index (κ3) is 8.82. The summed E-state index contributed by atoms with van der Waals surface area (Å²) in [5.41, 5.74) is 1.42. The minimum Gasteiger partial charge on any atom is -0.493 e. The minimum absolute atomic E-state index is 0. The van der Waals surface area contributed by atoms with Crippen LogP contribution in [0.2, 0.25) is 0 Å². The van der Waals surface area contributed by atoms with E-state index in [1.807, 2.05) is 0 Å². The lowest BCUT2D eigenvalue weighted by molar-refractivity contribution is 0.276. The molecule has 31 heavy (non-hydrogen) atoms. The fourth-order valence-electron chi connectivity index (χ4n) is 2.39. The van der Waals surface area contributed by atoms with Gasteiger partial charge in [-0.05, 0) is 35.4 Å². The molecular weight excluding hydrogens is 439 g/mol. The number of ether oxygens (including phenoxy) is 4. The average molecular weight is 468 g/mol. The van der Waals surface area contributed by atoms with E-state index >= 15 is 0 Å². The summed E-state index contributed by atoms with van der Waals surface area (Å²) in [6.45, 7) is 0. The van der Waals surface area contributed by atoms with Crippen LogP contribution in [-0.2, 0) is 4.57 Å². The molecule has 0 radical (unpaired) electrons. The number of hydrogen-bond acceptors (Lipinski definition) is 6. The highest BCUT2D eigenvalue weighted by atomic mass is 31.2. The highest BCUT2D eigenvalue weighted by Crippen LogP contribution is 2.42. The van der Waals surface area contributed by atoms with Gasteiger partial charge in [0.25, 0.3) is 0 Å². The van der Waals surface area contributed by atoms with Crippen molar-refractivity contribution in [2.24, 2.45) is 0 Å². The van der Waals surface area contributed by atoms with Crippen LogP contribution < -0.4 is 23.5 Å². The summed E-state index contributed by atoms with van der Waals surface area (Å²) in [7, 11) is 1.26. The zero-order valence-corrected chi connectivity index (χ0v) is 18.2. The van der Waals surface area contributed by atoms with Crippen molar-refractivity contribution in [1.29, 1.82) is 0 Å². The number of benzene rings is 2. The summed E-state index contributed by atoms with van der Waals surface area (Å²) in [6.07, 6.45) is 3.53. The van der Waals surface area contributed by atoms with Crippen molar-refractivity contribution in [3.05, 3.63) is 41.5 Å². The standard InChI is InChI=1S/C18H21O8P.4H2O/c1-22-14-8-7-12(9-15(14)26-27(19,20)21)5-6-13-10-16(23-2)18(25-4)17(11-13)24-3;;;;/h5-11H,1-4H3,(H2,19,20,21);4*1H2/b6-5+;;;;. The molecule has 0 atom stereocenters. The lowest BCUT2D eigenvalue weighted by atomic mass is 10.1. The minimum atomic E-state index is -4.71. The van der Waals surface area contributed by atoms with Crippen LogP contribution in [0.15, 0.2) is 30.3 Å². The summed E-state index contributed by atoms with van der Waals surface area (Å²) in [5.74, 6) is 1.66. The van der Waals surface area contributed by atoms with Gasteiger partial charge in [-0.1, -0.05) is 18.2 Å². The molecule has 0 aliphatic carbocycles. The number of methoxy groups -OCH3 is 4. The van der Waals surface area contributed by atoms with Gasteiger partial charge < -0.3 is 45.4 Å². The monoisotopic (exact) mass is 468 g/mol. The van der Waals surface area contributed by atoms with Gasteiger partial charge in [-0.3, -0.25) is 9.79 Å². The van der Waals surface area contributed by atoms with E-state index in [-0.39, 0.29) is 33.4 Å². The van der Waals surface area contributed by atoms with E-state index in [2.05, 4.69) is 4.52 Å². The van der Waals surface area contributed by atoms with Crippen LogP contribution in [0.3, 0.4) is 0 Å². The maximum atomic E-state index is 11.1. The Morgan fingerprint density at radius 1 is 0.677 bits per heavy atom. The molecule has 0 aromatic heterocycles. The third-order valence-corrected chi connectivity index (χ3v) is 3.99. The molecule has 13 heteroatoms. The van der Waals surface area contributed by atoms with Crippen LogP contribution in [0.4, 0.5) is 0 Å². The lowest BCUT2D eigenvalue weighted by Crippen LogP contribution is -1.95. The number of hydrogen-bond donors (Lipinski definition) is 2. The molecule has 0 unspecified atom stereocenters. The second kappa shape index (κ2) is 14.2. The van der Waals surface area contributed by atoms with E-state index in [1.165, 1.54) is 34.5 Å². The van der Waals surface area contributed by atoms with Crippen molar-refractivity contribution >= 4 is 20.0 Å². The van der Waals surface area contributed by atoms with E-state index < -0.39 is 7.82 Å². The largest absolute Gasteiger partial charge is 0.524 e. The Morgan fingerprint density at radius 2 is 1.13 bits per heavy atom. The Hall–Kier alpha value is -2.83. The number of phosphoric acid groups is 1. The van der Waals surface area contributed by atoms with Gasteiger partial charge in [-0.15, -0.1) is 0 Å². The molecule has 0 saturated heterocycles. The third-order valence-electron chi connectivity index (χ3n) is 3.56. The number of rotatable bonds is 8. The lowest BCUT2D eigenvalue weighted by Gasteiger charge is -2.13. The maximum Gasteiger partial charge on any atom is 0.524 e. The molecule has 0 heterocycles. The maximum absolute atomic E-state index is 11.1. The highest BCUT2D eigenvalue weighted by molar-refractivity contribution is 7.46. The first-order valence-electron chi connectivity index (χ1n) is 7.72. The van der Waals surface area contributed by atoms with Crippen LogP contribution in [0.25, 0.3) is 12.2 Å². The van der Waals surface area contributed by atoms with E-state index in [4.69, 9.17) is 28.7 Å². The van der Waals surface area contributed by atoms with Crippen molar-refractivity contribution in [3.63, 3.8) is 0 Å². The number of phosphoric ester groups is 1. The quantitative estimate of drug-likeness (QED) is 0.396. The van der Waals surface area contributed by atoms with E-state index in [0.717, 1.165) is 5.56 Å². The average Bonchev–Trinajstić information content (AvgIpc) is 2.64. The normalized spacial score (nSPS) is 9.87. The molecule has 0 spiro atoms. The first-order valence-corrected chi connectivity index (χ1v) is 9.25. The van der Waals surface area contributed by atoms with Crippen molar-refractivity contribution in [3.8, 4) is 28.7 Å². The van der Waals surface area contributed by atoms with Crippen LogP contribution in [0.1, 0.15) is 11.1 Å².